The number of aliphatic hydroxyl groups excluding tert-OH is 1. The maximum atomic E-state index is 13.6. The summed E-state index contributed by atoms with van der Waals surface area (Å²) in [5.74, 6) is -2.75. The van der Waals surface area contributed by atoms with Gasteiger partial charge < -0.3 is 19.7 Å². The molecule has 0 aliphatic carbocycles. The summed E-state index contributed by atoms with van der Waals surface area (Å²) in [7, 11) is 2.78. The molecule has 2 N–H and O–H groups in total. The first-order chi connectivity index (χ1) is 15.9. The summed E-state index contributed by atoms with van der Waals surface area (Å²) >= 11 is 0. The maximum absolute atomic E-state index is 13.6. The third-order valence-electron chi connectivity index (χ3n) is 5.44. The fraction of sp³-hybridized carbons (Fsp3) is 0.120. The number of phenols is 1. The first-order valence-electron chi connectivity index (χ1n) is 9.94. The molecule has 0 radical (unpaired) electrons. The summed E-state index contributed by atoms with van der Waals surface area (Å²) in [5.41, 5.74) is 0.261. The molecule has 1 amide bonds. The van der Waals surface area contributed by atoms with Gasteiger partial charge in [0, 0.05) is 0 Å². The van der Waals surface area contributed by atoms with Crippen LogP contribution in [0.5, 0.6) is 17.2 Å². The minimum Gasteiger partial charge on any atom is -0.506 e. The fourth-order valence-corrected chi connectivity index (χ4v) is 3.93. The van der Waals surface area contributed by atoms with Crippen LogP contribution in [0.1, 0.15) is 17.2 Å². The molecule has 1 saturated heterocycles. The van der Waals surface area contributed by atoms with E-state index in [9.17, 15) is 24.2 Å². The molecular formula is C25H20FNO6. The number of phenolic OH excluding ortho intramolecular Hbond substituents is 1. The van der Waals surface area contributed by atoms with Crippen molar-refractivity contribution >= 4 is 23.1 Å². The van der Waals surface area contributed by atoms with Crippen molar-refractivity contribution in [1.29, 1.82) is 0 Å². The molecule has 1 heterocycles. The van der Waals surface area contributed by atoms with Crippen molar-refractivity contribution in [3.8, 4) is 17.2 Å². The zero-order valence-electron chi connectivity index (χ0n) is 17.8. The number of Topliss-reactive ketones (excluding diaryl/α,β-unsaturated/α-hetero) is 1. The highest BCUT2D eigenvalue weighted by atomic mass is 19.1. The Morgan fingerprint density at radius 1 is 0.909 bits per heavy atom. The highest BCUT2D eigenvalue weighted by Crippen LogP contribution is 2.46. The summed E-state index contributed by atoms with van der Waals surface area (Å²) in [5, 5.41) is 21.7. The number of nitrogens with zero attached hydrogens (tertiary/aromatic N) is 1. The van der Waals surface area contributed by atoms with Gasteiger partial charge in [0.2, 0.25) is 0 Å². The van der Waals surface area contributed by atoms with Gasteiger partial charge in [0.25, 0.3) is 11.7 Å². The summed E-state index contributed by atoms with van der Waals surface area (Å²) in [6, 6.07) is 14.8. The van der Waals surface area contributed by atoms with Crippen LogP contribution in [-0.4, -0.2) is 36.1 Å². The zero-order chi connectivity index (χ0) is 23.7. The molecule has 1 unspecified atom stereocenters. The van der Waals surface area contributed by atoms with Gasteiger partial charge in [0.1, 0.15) is 34.4 Å². The van der Waals surface area contributed by atoms with Gasteiger partial charge in [0.15, 0.2) is 0 Å². The molecule has 0 saturated carbocycles. The van der Waals surface area contributed by atoms with Crippen LogP contribution < -0.4 is 14.4 Å². The van der Waals surface area contributed by atoms with Gasteiger partial charge in [-0.3, -0.25) is 14.5 Å². The molecular weight excluding hydrogens is 429 g/mol. The topological polar surface area (TPSA) is 96.3 Å². The first kappa shape index (κ1) is 21.9. The van der Waals surface area contributed by atoms with E-state index in [4.69, 9.17) is 9.47 Å². The van der Waals surface area contributed by atoms with Crippen LogP contribution in [0.25, 0.3) is 5.76 Å². The molecule has 7 nitrogen and oxygen atoms in total. The largest absolute Gasteiger partial charge is 0.506 e. The molecule has 0 bridgehead atoms. The molecule has 0 aromatic heterocycles. The monoisotopic (exact) mass is 449 g/mol. The van der Waals surface area contributed by atoms with Gasteiger partial charge in [0.05, 0.1) is 31.5 Å². The Morgan fingerprint density at radius 2 is 1.52 bits per heavy atom. The van der Waals surface area contributed by atoms with Gasteiger partial charge >= 0.3 is 0 Å². The maximum Gasteiger partial charge on any atom is 0.300 e. The number of halogens is 1. The quantitative estimate of drug-likeness (QED) is 0.345. The SMILES string of the molecule is COc1cccc(OC)c1/C(O)=C1\C(=O)C(=O)N(c2ccccc2O)C1c1ccc(F)cc1. The van der Waals surface area contributed by atoms with Crippen LogP contribution in [0.3, 0.4) is 0 Å². The van der Waals surface area contributed by atoms with Gasteiger partial charge in [-0.2, -0.15) is 0 Å². The Hall–Kier alpha value is -4.33. The molecule has 1 aliphatic heterocycles. The highest BCUT2D eigenvalue weighted by molar-refractivity contribution is 6.52. The van der Waals surface area contributed by atoms with Crippen molar-refractivity contribution in [2.24, 2.45) is 0 Å². The van der Waals surface area contributed by atoms with Crippen LogP contribution in [0, 0.1) is 5.82 Å². The molecule has 33 heavy (non-hydrogen) atoms. The van der Waals surface area contributed by atoms with Crippen molar-refractivity contribution in [3.05, 3.63) is 89.2 Å². The van der Waals surface area contributed by atoms with Crippen LogP contribution in [0.2, 0.25) is 0 Å². The molecule has 0 spiro atoms. The standard InChI is InChI=1S/C25H20FNO6/c1-32-18-8-5-9-19(33-2)20(18)23(29)21-22(14-10-12-15(26)13-11-14)27(25(31)24(21)30)16-6-3-4-7-17(16)28/h3-13,22,28-29H,1-2H3/b23-21+. The second kappa shape index (κ2) is 8.66. The van der Waals surface area contributed by atoms with E-state index in [1.165, 1.54) is 50.6 Å². The third-order valence-corrected chi connectivity index (χ3v) is 5.44. The number of para-hydroxylation sites is 2. The number of amides is 1. The highest BCUT2D eigenvalue weighted by Gasteiger charge is 2.48. The number of ether oxygens (including phenoxy) is 2. The Morgan fingerprint density at radius 3 is 2.09 bits per heavy atom. The van der Waals surface area contributed by atoms with Crippen molar-refractivity contribution in [1.82, 2.24) is 0 Å². The third kappa shape index (κ3) is 3.65. The summed E-state index contributed by atoms with van der Waals surface area (Å²) in [4.78, 5) is 27.4. The van der Waals surface area contributed by atoms with Crippen LogP contribution in [0.4, 0.5) is 10.1 Å². The molecule has 1 aliphatic rings. The van der Waals surface area contributed by atoms with Gasteiger partial charge in [-0.05, 0) is 42.0 Å². The van der Waals surface area contributed by atoms with Crippen molar-refractivity contribution in [2.75, 3.05) is 19.1 Å². The lowest BCUT2D eigenvalue weighted by Crippen LogP contribution is -2.29. The van der Waals surface area contributed by atoms with E-state index < -0.39 is 29.3 Å². The molecule has 1 atom stereocenters. The van der Waals surface area contributed by atoms with Gasteiger partial charge in [-0.25, -0.2) is 4.39 Å². The smallest absolute Gasteiger partial charge is 0.300 e. The predicted octanol–water partition coefficient (Wildman–Crippen LogP) is 4.17. The molecule has 1 fully saturated rings. The molecule has 8 heteroatoms. The average Bonchev–Trinajstić information content (AvgIpc) is 3.09. The summed E-state index contributed by atoms with van der Waals surface area (Å²) in [6.45, 7) is 0. The molecule has 3 aromatic carbocycles. The van der Waals surface area contributed by atoms with Crippen molar-refractivity contribution in [3.63, 3.8) is 0 Å². The number of methoxy groups -OCH3 is 2. The van der Waals surface area contributed by atoms with Crippen LogP contribution >= 0.6 is 0 Å². The van der Waals surface area contributed by atoms with E-state index in [1.807, 2.05) is 0 Å². The van der Waals surface area contributed by atoms with Crippen molar-refractivity contribution < 1.29 is 33.7 Å². The zero-order valence-corrected chi connectivity index (χ0v) is 17.8. The van der Waals surface area contributed by atoms with Gasteiger partial charge in [-0.1, -0.05) is 30.3 Å². The lowest BCUT2D eigenvalue weighted by Gasteiger charge is -2.26. The Balaban J connectivity index is 2.03. The van der Waals surface area contributed by atoms with Crippen LogP contribution in [-0.2, 0) is 9.59 Å². The predicted molar refractivity (Wildman–Crippen MR) is 119 cm³/mol. The van der Waals surface area contributed by atoms with Crippen molar-refractivity contribution in [2.45, 2.75) is 6.04 Å². The number of carbonyl (C=O) groups is 2. The Kier molecular flexibility index (Phi) is 5.74. The minimum atomic E-state index is -1.14. The second-order valence-corrected chi connectivity index (χ2v) is 7.25. The van der Waals surface area contributed by atoms with E-state index in [-0.39, 0.29) is 34.1 Å². The summed E-state index contributed by atoms with van der Waals surface area (Å²) < 4.78 is 24.3. The number of ketones is 1. The van der Waals surface area contributed by atoms with Crippen LogP contribution in [0.15, 0.2) is 72.3 Å². The molecule has 3 aromatic rings. The lowest BCUT2D eigenvalue weighted by molar-refractivity contribution is -0.132. The molecule has 4 rings (SSSR count). The number of aliphatic hydroxyl groups is 1. The number of hydrogen-bond acceptors (Lipinski definition) is 6. The number of aromatic hydroxyl groups is 1. The van der Waals surface area contributed by atoms with E-state index in [0.29, 0.717) is 5.56 Å². The Labute approximate surface area is 188 Å². The lowest BCUT2D eigenvalue weighted by atomic mass is 9.94. The van der Waals surface area contributed by atoms with E-state index >= 15 is 0 Å². The second-order valence-electron chi connectivity index (χ2n) is 7.25. The summed E-state index contributed by atoms with van der Waals surface area (Å²) in [6.07, 6.45) is 0. The number of rotatable bonds is 5. The minimum absolute atomic E-state index is 0.0694. The molecule has 168 valence electrons. The normalized spacial score (nSPS) is 17.3. The fourth-order valence-electron chi connectivity index (χ4n) is 3.93. The van der Waals surface area contributed by atoms with E-state index in [2.05, 4.69) is 0 Å². The Bertz CT molecular complexity index is 1250. The average molecular weight is 449 g/mol. The number of carbonyl (C=O) groups excluding carboxylic acids is 2. The first-order valence-corrected chi connectivity index (χ1v) is 9.94. The number of hydrogen-bond donors (Lipinski definition) is 2. The number of anilines is 1. The van der Waals surface area contributed by atoms with Gasteiger partial charge in [-0.15, -0.1) is 0 Å². The number of benzene rings is 3. The van der Waals surface area contributed by atoms with E-state index in [0.717, 1.165) is 4.90 Å². The van der Waals surface area contributed by atoms with E-state index in [1.54, 1.807) is 30.3 Å².